The number of methoxy groups -OCH3 is 12. The first-order valence-electron chi connectivity index (χ1n) is 39.8. The highest BCUT2D eigenvalue weighted by Gasteiger charge is 2.31. The third-order valence-electron chi connectivity index (χ3n) is 19.8. The molecule has 0 unspecified atom stereocenters. The standard InChI is InChI=1S/C98H100O24S5/c1-17-70(93(123)89(18-2)95-58(3)94(126-127-95)59(4)96(99)120-55-67-32-83(114-49-61-20-71(102-5)40-72(21-61)103-6)46-84(33-67)115-50-62-22-73(104-7)41-74(23-62)105-8)19-60-38-90(97(100)121-56-68-34-85(116-51-63-24-75(106-9)42-76(25-63)107-10)47-86(35-68)117-52-64-26-77(108-11)43-78(27-64)109-12)92(91(39-60)125-124)98(101)122-57-69-36-87(118-53-65-28-79(110-13)44-80(29-65)111-14)48-88(37-69)119-54-66-30-81(112-15)45-82(31-66)113-16/h19-48,124H,3,17-18,49-57H2,1-2,4-16H3/b70-19+,94-59-,95-89-. The summed E-state index contributed by atoms with van der Waals surface area (Å²) in [5.41, 5.74) is 8.65. The molecule has 24 nitrogen and oxygen atoms in total. The number of hydrogen-bond acceptors (Lipinski definition) is 29. The molecule has 0 saturated carbocycles. The number of allylic oxidation sites excluding steroid dienone is 4. The molecule has 1 aliphatic rings. The lowest BCUT2D eigenvalue weighted by atomic mass is 9.95. The number of benzene rings is 10. The Balaban J connectivity index is 0.903. The molecule has 1 saturated heterocycles. The van der Waals surface area contributed by atoms with Crippen molar-refractivity contribution in [2.75, 3.05) is 85.3 Å². The Labute approximate surface area is 762 Å². The molecule has 1 heterocycles. The fourth-order valence-corrected chi connectivity index (χ4v) is 17.6. The summed E-state index contributed by atoms with van der Waals surface area (Å²) in [6, 6.07) is 51.6. The molecule has 666 valence electrons. The van der Waals surface area contributed by atoms with E-state index in [1.54, 1.807) is 195 Å². The molecule has 29 heteroatoms. The van der Waals surface area contributed by atoms with Crippen LogP contribution in [-0.4, -0.2) is 108 Å². The van der Waals surface area contributed by atoms with Crippen LogP contribution in [0.1, 0.15) is 110 Å². The SMILES string of the molecule is C=C1/C(=C(\C)C(=O)OCc2cc(OCc3cc(OC)cc(OC)c3)cc(OCc3cc(OC)cc(OC)c3)c2)SS/C1=C(/CC)C(=S)/C(=C/c1cc(SS)c(C(=O)OCc2cc(OCc3cc(OC)cc(OC)c3)cc(OCc3cc(OC)cc(OC)c3)c2)c(C(=O)OCc2cc(OCc3cc(OC)cc(OC)c3)cc(OCc3cc(OC)cc(OC)c3)c2)c1)CC. The summed E-state index contributed by atoms with van der Waals surface area (Å²) in [7, 11) is 22.6. The van der Waals surface area contributed by atoms with Crippen LogP contribution >= 0.6 is 56.3 Å². The lowest BCUT2D eigenvalue weighted by Crippen LogP contribution is -2.16. The van der Waals surface area contributed by atoms with Crippen molar-refractivity contribution in [1.82, 2.24) is 0 Å². The fourth-order valence-electron chi connectivity index (χ4n) is 13.3. The second kappa shape index (κ2) is 46.6. The first-order chi connectivity index (χ1) is 61.5. The lowest BCUT2D eigenvalue weighted by Gasteiger charge is -2.17. The van der Waals surface area contributed by atoms with Gasteiger partial charge in [-0.1, -0.05) is 71.1 Å². The van der Waals surface area contributed by atoms with Crippen molar-refractivity contribution in [2.45, 2.75) is 98.0 Å². The van der Waals surface area contributed by atoms with Crippen LogP contribution in [0.5, 0.6) is 103 Å². The highest BCUT2D eigenvalue weighted by Crippen LogP contribution is 2.56. The van der Waals surface area contributed by atoms with E-state index in [9.17, 15) is 4.79 Å². The van der Waals surface area contributed by atoms with Gasteiger partial charge in [-0.15, -0.1) is 11.7 Å². The molecule has 0 bridgehead atoms. The number of ether oxygens (including phenoxy) is 21. The summed E-state index contributed by atoms with van der Waals surface area (Å²) in [6.07, 6.45) is 2.75. The van der Waals surface area contributed by atoms with Crippen molar-refractivity contribution in [3.63, 3.8) is 0 Å². The minimum Gasteiger partial charge on any atom is -0.497 e. The number of carbonyl (C=O) groups excluding carboxylic acids is 3. The zero-order chi connectivity index (χ0) is 90.6. The van der Waals surface area contributed by atoms with Gasteiger partial charge in [0.15, 0.2) is 0 Å². The maximum absolute atomic E-state index is 15.5. The molecule has 0 spiro atoms. The summed E-state index contributed by atoms with van der Waals surface area (Å²) in [5.74, 6) is 6.93. The summed E-state index contributed by atoms with van der Waals surface area (Å²) >= 11 is 11.2. The number of thiocarbonyl (C=S) groups is 1. The molecule has 0 aromatic heterocycles. The average Bonchev–Trinajstić information content (AvgIpc) is 1.69. The molecule has 0 radical (unpaired) electrons. The number of hydrogen-bond donors (Lipinski definition) is 1. The van der Waals surface area contributed by atoms with E-state index in [-0.39, 0.29) is 75.5 Å². The van der Waals surface area contributed by atoms with Crippen LogP contribution in [0.3, 0.4) is 0 Å². The Hall–Kier alpha value is -12.5. The molecular formula is C98H100O24S5. The second-order valence-corrected chi connectivity index (χ2v) is 32.1. The quantitative estimate of drug-likeness (QED) is 0.00930. The number of thiol groups is 1. The Morgan fingerprint density at radius 1 is 0.339 bits per heavy atom. The summed E-state index contributed by atoms with van der Waals surface area (Å²) in [6.45, 7) is 9.99. The van der Waals surface area contributed by atoms with Crippen molar-refractivity contribution < 1.29 is 114 Å². The summed E-state index contributed by atoms with van der Waals surface area (Å²) in [5, 5.41) is 0. The fraction of sp³-hybridized carbons (Fsp3) is 0.265. The van der Waals surface area contributed by atoms with E-state index < -0.39 is 17.9 Å². The van der Waals surface area contributed by atoms with Gasteiger partial charge in [0.2, 0.25) is 0 Å². The summed E-state index contributed by atoms with van der Waals surface area (Å²) in [4.78, 5) is 47.3. The van der Waals surface area contributed by atoms with Crippen molar-refractivity contribution in [2.24, 2.45) is 0 Å². The first-order valence-corrected chi connectivity index (χ1v) is 44.2. The zero-order valence-corrected chi connectivity index (χ0v) is 77.3. The molecule has 0 atom stereocenters. The van der Waals surface area contributed by atoms with Gasteiger partial charge in [0.25, 0.3) is 0 Å². The molecule has 10 aromatic rings. The van der Waals surface area contributed by atoms with E-state index in [1.807, 2.05) is 92.7 Å². The number of esters is 3. The highest BCUT2D eigenvalue weighted by molar-refractivity contribution is 8.80. The van der Waals surface area contributed by atoms with E-state index >= 15 is 9.59 Å². The smallest absolute Gasteiger partial charge is 0.340 e. The predicted molar refractivity (Wildman–Crippen MR) is 497 cm³/mol. The van der Waals surface area contributed by atoms with E-state index in [0.29, 0.717) is 165 Å². The molecule has 10 aromatic carbocycles. The highest BCUT2D eigenvalue weighted by atomic mass is 33.1. The van der Waals surface area contributed by atoms with Crippen molar-refractivity contribution in [3.8, 4) is 103 Å². The van der Waals surface area contributed by atoms with Gasteiger partial charge in [0.1, 0.15) is 163 Å². The van der Waals surface area contributed by atoms with Gasteiger partial charge in [0.05, 0.1) is 96.4 Å². The van der Waals surface area contributed by atoms with Crippen LogP contribution in [-0.2, 0) is 78.5 Å². The monoisotopic (exact) mass is 1820 g/mol. The van der Waals surface area contributed by atoms with Gasteiger partial charge in [-0.2, -0.15) is 0 Å². The van der Waals surface area contributed by atoms with Crippen LogP contribution in [0.4, 0.5) is 0 Å². The van der Waals surface area contributed by atoms with E-state index in [0.717, 1.165) is 54.7 Å². The lowest BCUT2D eigenvalue weighted by molar-refractivity contribution is -0.140. The number of carbonyl (C=O) groups is 3. The second-order valence-electron chi connectivity index (χ2n) is 28.4. The third kappa shape index (κ3) is 26.3. The molecule has 0 N–H and O–H groups in total. The van der Waals surface area contributed by atoms with Crippen LogP contribution in [0, 0.1) is 0 Å². The van der Waals surface area contributed by atoms with Crippen molar-refractivity contribution >= 4 is 85.1 Å². The average molecular weight is 1820 g/mol. The topological polar surface area (TPSA) is 245 Å². The normalized spacial score (nSPS) is 12.5. The van der Waals surface area contributed by atoms with Gasteiger partial charge in [0, 0.05) is 79.7 Å². The predicted octanol–water partition coefficient (Wildman–Crippen LogP) is 21.7. The van der Waals surface area contributed by atoms with E-state index in [2.05, 4.69) is 6.58 Å². The molecule has 127 heavy (non-hydrogen) atoms. The first kappa shape index (κ1) is 95.1. The van der Waals surface area contributed by atoms with E-state index in [4.69, 9.17) is 123 Å². The Kier molecular flexibility index (Phi) is 34.9. The Morgan fingerprint density at radius 2 is 0.591 bits per heavy atom. The van der Waals surface area contributed by atoms with Gasteiger partial charge < -0.3 is 99.5 Å². The third-order valence-corrected chi connectivity index (χ3v) is 24.1. The van der Waals surface area contributed by atoms with Crippen LogP contribution < -0.4 is 85.3 Å². The Morgan fingerprint density at radius 3 is 0.858 bits per heavy atom. The molecule has 0 amide bonds. The largest absolute Gasteiger partial charge is 0.497 e. The molecule has 1 aliphatic heterocycles. The molecule has 11 rings (SSSR count). The Bertz CT molecular complexity index is 5360. The molecular weight excluding hydrogens is 1720 g/mol. The van der Waals surface area contributed by atoms with Crippen LogP contribution in [0.15, 0.2) is 220 Å². The maximum Gasteiger partial charge on any atom is 0.340 e. The minimum absolute atomic E-state index is 0.0768. The van der Waals surface area contributed by atoms with Crippen LogP contribution in [0.25, 0.3) is 6.08 Å². The van der Waals surface area contributed by atoms with Gasteiger partial charge in [-0.05, 0) is 213 Å². The van der Waals surface area contributed by atoms with Gasteiger partial charge in [-0.3, -0.25) is 0 Å². The van der Waals surface area contributed by atoms with Gasteiger partial charge >= 0.3 is 17.9 Å². The van der Waals surface area contributed by atoms with Gasteiger partial charge in [-0.25, -0.2) is 14.4 Å². The van der Waals surface area contributed by atoms with Crippen LogP contribution in [0.2, 0.25) is 0 Å². The number of rotatable bonds is 45. The zero-order valence-electron chi connectivity index (χ0n) is 73.2. The molecule has 0 aliphatic carbocycles. The van der Waals surface area contributed by atoms with E-state index in [1.165, 1.54) is 21.6 Å². The van der Waals surface area contributed by atoms with Crippen molar-refractivity contribution in [1.29, 1.82) is 0 Å². The van der Waals surface area contributed by atoms with Crippen molar-refractivity contribution in [3.05, 3.63) is 281 Å². The summed E-state index contributed by atoms with van der Waals surface area (Å²) < 4.78 is 124. The minimum atomic E-state index is -0.896. The molecule has 1 fully saturated rings. The maximum atomic E-state index is 15.5.